The topological polar surface area (TPSA) is 78.9 Å². The van der Waals surface area contributed by atoms with Gasteiger partial charge in [-0.05, 0) is 44.9 Å². The van der Waals surface area contributed by atoms with Crippen molar-refractivity contribution in [3.8, 4) is 0 Å². The summed E-state index contributed by atoms with van der Waals surface area (Å²) >= 11 is 0. The lowest BCUT2D eigenvalue weighted by Gasteiger charge is -2.18. The lowest BCUT2D eigenvalue weighted by molar-refractivity contribution is -0.167. The normalized spacial score (nSPS) is 12.0. The summed E-state index contributed by atoms with van der Waals surface area (Å²) < 4.78 is 16.7. The van der Waals surface area contributed by atoms with Gasteiger partial charge >= 0.3 is 17.9 Å². The molecule has 0 rings (SSSR count). The molecular formula is C53H100O6. The van der Waals surface area contributed by atoms with Crippen LogP contribution >= 0.6 is 0 Å². The van der Waals surface area contributed by atoms with Crippen LogP contribution in [0.4, 0.5) is 0 Å². The van der Waals surface area contributed by atoms with Crippen molar-refractivity contribution in [3.05, 3.63) is 12.2 Å². The molecule has 0 aromatic rings. The summed E-state index contributed by atoms with van der Waals surface area (Å²) in [5.41, 5.74) is 0. The monoisotopic (exact) mass is 833 g/mol. The Labute approximate surface area is 367 Å². The van der Waals surface area contributed by atoms with E-state index in [4.69, 9.17) is 14.2 Å². The number of carbonyl (C=O) groups excluding carboxylic acids is 3. The molecule has 0 bridgehead atoms. The maximum absolute atomic E-state index is 12.7. The second-order valence-corrected chi connectivity index (χ2v) is 17.8. The molecule has 6 heteroatoms. The molecule has 0 saturated carbocycles. The molecule has 0 radical (unpaired) electrons. The number of esters is 3. The van der Waals surface area contributed by atoms with Crippen LogP contribution in [0.5, 0.6) is 0 Å². The van der Waals surface area contributed by atoms with Crippen LogP contribution in [0.1, 0.15) is 290 Å². The third kappa shape index (κ3) is 47.1. The molecule has 0 heterocycles. The van der Waals surface area contributed by atoms with E-state index in [-0.39, 0.29) is 31.1 Å². The van der Waals surface area contributed by atoms with Crippen molar-refractivity contribution in [3.63, 3.8) is 0 Å². The highest BCUT2D eigenvalue weighted by Crippen LogP contribution is 2.16. The van der Waals surface area contributed by atoms with E-state index < -0.39 is 6.10 Å². The van der Waals surface area contributed by atoms with Gasteiger partial charge in [-0.2, -0.15) is 0 Å². The summed E-state index contributed by atoms with van der Waals surface area (Å²) in [4.78, 5) is 37.7. The summed E-state index contributed by atoms with van der Waals surface area (Å²) in [6.07, 6.45) is 53.7. The molecule has 0 amide bonds. The van der Waals surface area contributed by atoms with Gasteiger partial charge in [0.25, 0.3) is 0 Å². The number of rotatable bonds is 48. The van der Waals surface area contributed by atoms with E-state index in [2.05, 4.69) is 32.9 Å². The summed E-state index contributed by atoms with van der Waals surface area (Å²) in [5, 5.41) is 0. The molecule has 0 spiro atoms. The van der Waals surface area contributed by atoms with Crippen LogP contribution in [0.2, 0.25) is 0 Å². The van der Waals surface area contributed by atoms with Crippen molar-refractivity contribution >= 4 is 17.9 Å². The fraction of sp³-hybridized carbons (Fsp3) is 0.906. The van der Waals surface area contributed by atoms with Crippen LogP contribution in [0, 0.1) is 0 Å². The van der Waals surface area contributed by atoms with Gasteiger partial charge in [0, 0.05) is 19.3 Å². The number of hydrogen-bond donors (Lipinski definition) is 0. The van der Waals surface area contributed by atoms with Gasteiger partial charge in [-0.3, -0.25) is 14.4 Å². The highest BCUT2D eigenvalue weighted by atomic mass is 16.6. The molecule has 0 aliphatic rings. The molecule has 0 N–H and O–H groups in total. The maximum atomic E-state index is 12.7. The standard InChI is InChI=1S/C53H100O6/c1-4-7-10-13-16-18-20-22-24-26-27-28-30-31-33-35-37-40-43-46-52(55)58-49-50(48-57-51(54)45-42-39-15-12-9-6-3)59-53(56)47-44-41-38-36-34-32-29-25-23-21-19-17-14-11-8-5-2/h25,29,50H,4-24,26-28,30-49H2,1-3H3/b29-25-. The average molecular weight is 833 g/mol. The Kier molecular flexibility index (Phi) is 47.3. The summed E-state index contributed by atoms with van der Waals surface area (Å²) in [6.45, 7) is 6.61. The summed E-state index contributed by atoms with van der Waals surface area (Å²) in [5.74, 6) is -0.871. The van der Waals surface area contributed by atoms with E-state index in [0.717, 1.165) is 64.2 Å². The summed E-state index contributed by atoms with van der Waals surface area (Å²) in [6, 6.07) is 0. The molecule has 0 saturated heterocycles. The Balaban J connectivity index is 4.15. The first-order valence-electron chi connectivity index (χ1n) is 26.2. The minimum Gasteiger partial charge on any atom is -0.462 e. The fourth-order valence-corrected chi connectivity index (χ4v) is 7.79. The molecule has 0 aliphatic carbocycles. The quantitative estimate of drug-likeness (QED) is 0.0263. The Hall–Kier alpha value is -1.85. The zero-order valence-electron chi connectivity index (χ0n) is 39.8. The maximum Gasteiger partial charge on any atom is 0.306 e. The van der Waals surface area contributed by atoms with Crippen LogP contribution in [0.3, 0.4) is 0 Å². The minimum absolute atomic E-state index is 0.0690. The first-order chi connectivity index (χ1) is 29.0. The van der Waals surface area contributed by atoms with Crippen molar-refractivity contribution in [1.29, 1.82) is 0 Å². The van der Waals surface area contributed by atoms with Crippen molar-refractivity contribution in [2.45, 2.75) is 297 Å². The van der Waals surface area contributed by atoms with Crippen LogP contribution in [-0.2, 0) is 28.6 Å². The summed E-state index contributed by atoms with van der Waals surface area (Å²) in [7, 11) is 0. The zero-order valence-corrected chi connectivity index (χ0v) is 39.8. The van der Waals surface area contributed by atoms with E-state index in [9.17, 15) is 14.4 Å². The zero-order chi connectivity index (χ0) is 43.0. The average Bonchev–Trinajstić information content (AvgIpc) is 3.23. The molecule has 0 aromatic heterocycles. The van der Waals surface area contributed by atoms with Gasteiger partial charge < -0.3 is 14.2 Å². The number of allylic oxidation sites excluding steroid dienone is 2. The first-order valence-corrected chi connectivity index (χ1v) is 26.2. The van der Waals surface area contributed by atoms with Gasteiger partial charge in [-0.25, -0.2) is 0 Å². The van der Waals surface area contributed by atoms with E-state index in [1.165, 1.54) is 186 Å². The molecule has 0 aliphatic heterocycles. The van der Waals surface area contributed by atoms with E-state index in [1.807, 2.05) is 0 Å². The highest BCUT2D eigenvalue weighted by Gasteiger charge is 2.19. The van der Waals surface area contributed by atoms with Gasteiger partial charge in [0.1, 0.15) is 13.2 Å². The number of carbonyl (C=O) groups is 3. The largest absolute Gasteiger partial charge is 0.462 e. The first kappa shape index (κ1) is 57.1. The second-order valence-electron chi connectivity index (χ2n) is 17.8. The van der Waals surface area contributed by atoms with Crippen molar-refractivity contribution in [2.24, 2.45) is 0 Å². The Morgan fingerprint density at radius 2 is 0.559 bits per heavy atom. The Bertz CT molecular complexity index is 916. The van der Waals surface area contributed by atoms with Gasteiger partial charge in [-0.15, -0.1) is 0 Å². The molecule has 6 nitrogen and oxygen atoms in total. The lowest BCUT2D eigenvalue weighted by atomic mass is 10.0. The molecule has 1 unspecified atom stereocenters. The van der Waals surface area contributed by atoms with E-state index >= 15 is 0 Å². The molecule has 348 valence electrons. The van der Waals surface area contributed by atoms with Gasteiger partial charge in [-0.1, -0.05) is 238 Å². The number of unbranched alkanes of at least 4 members (excludes halogenated alkanes) is 35. The predicted octanol–water partition coefficient (Wildman–Crippen LogP) is 17.0. The van der Waals surface area contributed by atoms with Crippen LogP contribution in [-0.4, -0.2) is 37.2 Å². The van der Waals surface area contributed by atoms with Gasteiger partial charge in [0.2, 0.25) is 0 Å². The van der Waals surface area contributed by atoms with Crippen LogP contribution < -0.4 is 0 Å². The SMILES string of the molecule is CCCCCCCCC/C=C\CCCCCCCC(=O)OC(COC(=O)CCCCCCCC)COC(=O)CCCCCCCCCCCCCCCCCCCCC. The van der Waals surface area contributed by atoms with Crippen molar-refractivity contribution in [1.82, 2.24) is 0 Å². The highest BCUT2D eigenvalue weighted by molar-refractivity contribution is 5.71. The molecular weight excluding hydrogens is 733 g/mol. The minimum atomic E-state index is -0.766. The molecule has 1 atom stereocenters. The van der Waals surface area contributed by atoms with Gasteiger partial charge in [0.15, 0.2) is 6.10 Å². The predicted molar refractivity (Wildman–Crippen MR) is 252 cm³/mol. The van der Waals surface area contributed by atoms with Crippen molar-refractivity contribution in [2.75, 3.05) is 13.2 Å². The molecule has 0 aromatic carbocycles. The lowest BCUT2D eigenvalue weighted by Crippen LogP contribution is -2.30. The Morgan fingerprint density at radius 1 is 0.322 bits per heavy atom. The number of ether oxygens (including phenoxy) is 3. The number of hydrogen-bond acceptors (Lipinski definition) is 6. The third-order valence-corrected chi connectivity index (χ3v) is 11.8. The fourth-order valence-electron chi connectivity index (χ4n) is 7.79. The Morgan fingerprint density at radius 3 is 0.847 bits per heavy atom. The third-order valence-electron chi connectivity index (χ3n) is 11.8. The van der Waals surface area contributed by atoms with Crippen molar-refractivity contribution < 1.29 is 28.6 Å². The van der Waals surface area contributed by atoms with Crippen LogP contribution in [0.25, 0.3) is 0 Å². The smallest absolute Gasteiger partial charge is 0.306 e. The van der Waals surface area contributed by atoms with E-state index in [1.54, 1.807) is 0 Å². The molecule has 0 fully saturated rings. The second kappa shape index (κ2) is 48.8. The van der Waals surface area contributed by atoms with Gasteiger partial charge in [0.05, 0.1) is 0 Å². The van der Waals surface area contributed by atoms with E-state index in [0.29, 0.717) is 19.3 Å². The molecule has 59 heavy (non-hydrogen) atoms. The van der Waals surface area contributed by atoms with Crippen LogP contribution in [0.15, 0.2) is 12.2 Å².